The van der Waals surface area contributed by atoms with Crippen LogP contribution in [0.15, 0.2) is 54.9 Å². The van der Waals surface area contributed by atoms with Gasteiger partial charge in [-0.1, -0.05) is 23.7 Å². The molecule has 3 amide bonds. The largest absolute Gasteiger partial charge is 1.00 e. The minimum Gasteiger partial charge on any atom is -1.00 e. The highest BCUT2D eigenvalue weighted by Gasteiger charge is 2.40. The fraction of sp³-hybridized carbons (Fsp3) is 0.424. The van der Waals surface area contributed by atoms with Gasteiger partial charge in [-0.05, 0) is 78.3 Å². The number of hydrogen-bond acceptors (Lipinski definition) is 8. The zero-order chi connectivity index (χ0) is 33.8. The predicted octanol–water partition coefficient (Wildman–Crippen LogP) is 1.87. The summed E-state index contributed by atoms with van der Waals surface area (Å²) in [6, 6.07) is 11.4. The Hall–Kier alpha value is -3.69. The van der Waals surface area contributed by atoms with Gasteiger partial charge in [0, 0.05) is 12.1 Å². The zero-order valence-electron chi connectivity index (χ0n) is 27.5. The highest BCUT2D eigenvalue weighted by molar-refractivity contribution is 6.33. The number of aryl methyl sites for hydroxylation is 2. The Bertz CT molecular complexity index is 1590. The van der Waals surface area contributed by atoms with E-state index in [1.807, 2.05) is 49.6 Å². The van der Waals surface area contributed by atoms with Crippen LogP contribution < -0.4 is 38.7 Å². The van der Waals surface area contributed by atoms with Crippen molar-refractivity contribution in [1.29, 1.82) is 0 Å². The summed E-state index contributed by atoms with van der Waals surface area (Å²) in [5.41, 5.74) is 0.561. The van der Waals surface area contributed by atoms with Gasteiger partial charge >= 0.3 is 12.1 Å². The van der Waals surface area contributed by atoms with E-state index in [0.717, 1.165) is 11.1 Å². The van der Waals surface area contributed by atoms with Crippen LogP contribution in [-0.2, 0) is 32.7 Å². The molecule has 0 saturated heterocycles. The van der Waals surface area contributed by atoms with Gasteiger partial charge in [0.2, 0.25) is 12.3 Å². The van der Waals surface area contributed by atoms with Crippen molar-refractivity contribution in [2.24, 2.45) is 7.05 Å². The molecule has 1 aliphatic heterocycles. The number of alkyl carbamates (subject to hydrolysis) is 1. The maximum absolute atomic E-state index is 13.0. The summed E-state index contributed by atoms with van der Waals surface area (Å²) in [5.74, 6) is -1.82. The molecule has 0 spiro atoms. The van der Waals surface area contributed by atoms with Gasteiger partial charge in [-0.15, -0.1) is 9.75 Å². The number of imide groups is 1. The second-order valence-electron chi connectivity index (χ2n) is 12.8. The van der Waals surface area contributed by atoms with Gasteiger partial charge in [0.1, 0.15) is 23.6 Å². The van der Waals surface area contributed by atoms with Crippen LogP contribution in [0.3, 0.4) is 0 Å². The first kappa shape index (κ1) is 37.8. The molecule has 0 fully saturated rings. The van der Waals surface area contributed by atoms with E-state index in [4.69, 9.17) is 30.6 Å². The Morgan fingerprint density at radius 1 is 0.936 bits per heavy atom. The topological polar surface area (TPSA) is 129 Å². The molecule has 1 aromatic heterocycles. The molecule has 0 radical (unpaired) electrons. The number of amides is 3. The van der Waals surface area contributed by atoms with E-state index in [1.54, 1.807) is 51.1 Å². The molecule has 1 atom stereocenters. The number of benzene rings is 2. The van der Waals surface area contributed by atoms with Crippen LogP contribution in [0.4, 0.5) is 4.79 Å². The number of hydroxylamine groups is 2. The lowest BCUT2D eigenvalue weighted by Gasteiger charge is -2.26. The monoisotopic (exact) mass is 782 g/mol. The van der Waals surface area contributed by atoms with Gasteiger partial charge in [0.15, 0.2) is 7.05 Å². The number of carbonyl (C=O) groups is 4. The van der Waals surface area contributed by atoms with E-state index in [0.29, 0.717) is 35.3 Å². The molecule has 0 aliphatic carbocycles. The molecule has 0 bridgehead atoms. The van der Waals surface area contributed by atoms with Crippen LogP contribution in [0.1, 0.15) is 68.7 Å². The minimum atomic E-state index is -1.43. The van der Waals surface area contributed by atoms with Crippen molar-refractivity contribution in [3.8, 4) is 16.9 Å². The van der Waals surface area contributed by atoms with Crippen molar-refractivity contribution in [3.63, 3.8) is 0 Å². The minimum absolute atomic E-state index is 0. The fourth-order valence-corrected chi connectivity index (χ4v) is 4.84. The van der Waals surface area contributed by atoms with E-state index in [-0.39, 0.29) is 41.7 Å². The second kappa shape index (κ2) is 15.5. The summed E-state index contributed by atoms with van der Waals surface area (Å²) < 4.78 is 20.5. The summed E-state index contributed by atoms with van der Waals surface area (Å²) in [6.07, 6.45) is 2.68. The summed E-state index contributed by atoms with van der Waals surface area (Å²) in [6.45, 7) is 11.3. The van der Waals surface area contributed by atoms with E-state index >= 15 is 0 Å². The quantitative estimate of drug-likeness (QED) is 0.103. The smallest absolute Gasteiger partial charge is 0.407 e. The highest BCUT2D eigenvalue weighted by atomic mass is 127. The number of nitrogens with one attached hydrogen (secondary N) is 1. The Balaban J connectivity index is 0.00000600. The van der Waals surface area contributed by atoms with Crippen molar-refractivity contribution in [3.05, 3.63) is 71.0 Å². The first-order valence-electron chi connectivity index (χ1n) is 14.9. The Morgan fingerprint density at radius 2 is 1.55 bits per heavy atom. The van der Waals surface area contributed by atoms with E-state index in [2.05, 4.69) is 5.32 Å². The molecule has 12 nitrogen and oxygen atoms in total. The molecule has 1 unspecified atom stereocenters. The number of ether oxygens (including phenoxy) is 3. The van der Waals surface area contributed by atoms with E-state index in [9.17, 15) is 19.2 Å². The van der Waals surface area contributed by atoms with Gasteiger partial charge in [-0.2, -0.15) is 4.68 Å². The molecule has 1 N–H and O–H groups in total. The second-order valence-corrected chi connectivity index (χ2v) is 13.2. The molecule has 4 rings (SSSR count). The van der Waals surface area contributed by atoms with Crippen LogP contribution in [0.25, 0.3) is 11.1 Å². The van der Waals surface area contributed by atoms with Crippen LogP contribution in [-0.4, -0.2) is 64.1 Å². The van der Waals surface area contributed by atoms with Crippen molar-refractivity contribution >= 4 is 35.5 Å². The number of rotatable bonds is 11. The van der Waals surface area contributed by atoms with Crippen molar-refractivity contribution in [2.75, 3.05) is 13.2 Å². The SMILES string of the molecule is C[n+]1cc(-c2ccc(OCC(ON3C(=O)c4ccccc4C3=O)C(=O)OC(C)(C)C)cc2Cl)cn1CCCNC(=O)OC(C)(C)C.[I-]. The summed E-state index contributed by atoms with van der Waals surface area (Å²) >= 11 is 6.65. The number of carbonyl (C=O) groups excluding carboxylic acids is 4. The van der Waals surface area contributed by atoms with Crippen molar-refractivity contribution in [1.82, 2.24) is 15.1 Å². The Kier molecular flexibility index (Phi) is 12.4. The average Bonchev–Trinajstić information content (AvgIpc) is 3.43. The molecule has 254 valence electrons. The fourth-order valence-electron chi connectivity index (χ4n) is 4.56. The first-order chi connectivity index (χ1) is 21.5. The molecule has 2 aromatic carbocycles. The van der Waals surface area contributed by atoms with Crippen molar-refractivity contribution < 1.29 is 66.9 Å². The maximum Gasteiger partial charge on any atom is 0.407 e. The van der Waals surface area contributed by atoms with Crippen LogP contribution in [0, 0.1) is 0 Å². The lowest BCUT2D eigenvalue weighted by atomic mass is 10.1. The molecule has 1 aliphatic rings. The first-order valence-corrected chi connectivity index (χ1v) is 15.2. The number of esters is 1. The summed E-state index contributed by atoms with van der Waals surface area (Å²) in [4.78, 5) is 56.3. The third kappa shape index (κ3) is 10.1. The number of fused-ring (bicyclic) bond motifs is 1. The molecule has 2 heterocycles. The van der Waals surface area contributed by atoms with Crippen LogP contribution in [0.5, 0.6) is 5.75 Å². The van der Waals surface area contributed by atoms with Crippen LogP contribution >= 0.6 is 11.6 Å². The van der Waals surface area contributed by atoms with Gasteiger partial charge in [0.25, 0.3) is 11.8 Å². The molecule has 14 heteroatoms. The molecular weight excluding hydrogens is 743 g/mol. The Morgan fingerprint density at radius 3 is 2.13 bits per heavy atom. The third-order valence-corrected chi connectivity index (χ3v) is 6.88. The number of halogens is 2. The molecule has 3 aromatic rings. The molecule has 47 heavy (non-hydrogen) atoms. The number of hydrogen-bond donors (Lipinski definition) is 1. The van der Waals surface area contributed by atoms with E-state index in [1.165, 1.54) is 12.1 Å². The molecular formula is C33H40ClIN4O8. The summed E-state index contributed by atoms with van der Waals surface area (Å²) in [5, 5.41) is 3.72. The Labute approximate surface area is 296 Å². The highest BCUT2D eigenvalue weighted by Crippen LogP contribution is 2.31. The number of nitrogens with zero attached hydrogens (tertiary/aromatic N) is 3. The predicted molar refractivity (Wildman–Crippen MR) is 168 cm³/mol. The standard InChI is InChI=1S/C33H39ClN4O8.HI/c1-32(2,3)44-30(41)27(46-38-28(39)24-11-8-9-12-25(24)29(38)40)20-43-22-13-14-23(26(34)17-22)21-18-36(7)37(19-21)16-10-15-35-31(42)45-33(4,5)6;/h8-9,11-14,17-19,27H,10,15-16,20H2,1-7H3;1H. The maximum atomic E-state index is 13.0. The van der Waals surface area contributed by atoms with Crippen LogP contribution in [0.2, 0.25) is 5.02 Å². The van der Waals surface area contributed by atoms with Gasteiger partial charge < -0.3 is 43.5 Å². The third-order valence-electron chi connectivity index (χ3n) is 6.56. The number of aromatic nitrogens is 2. The van der Waals surface area contributed by atoms with Gasteiger partial charge in [-0.3, -0.25) is 9.59 Å². The normalized spacial score (nSPS) is 13.5. The molecule has 0 saturated carbocycles. The zero-order valence-corrected chi connectivity index (χ0v) is 30.4. The average molecular weight is 783 g/mol. The van der Waals surface area contributed by atoms with Crippen molar-refractivity contribution in [2.45, 2.75) is 71.8 Å². The van der Waals surface area contributed by atoms with Gasteiger partial charge in [-0.25, -0.2) is 14.4 Å². The van der Waals surface area contributed by atoms with Gasteiger partial charge in [0.05, 0.1) is 34.5 Å². The lowest BCUT2D eigenvalue weighted by Crippen LogP contribution is -3.00. The summed E-state index contributed by atoms with van der Waals surface area (Å²) in [7, 11) is 1.90. The van der Waals surface area contributed by atoms with E-state index < -0.39 is 41.2 Å². The lowest BCUT2D eigenvalue weighted by molar-refractivity contribution is -0.753.